The van der Waals surface area contributed by atoms with Crippen LogP contribution in [0.3, 0.4) is 0 Å². The maximum absolute atomic E-state index is 13.7. The third kappa shape index (κ3) is 2.63. The number of hydrogen-bond donors (Lipinski definition) is 1. The molecule has 0 aromatic heterocycles. The number of nitrogens with zero attached hydrogens (tertiary/aromatic N) is 1. The summed E-state index contributed by atoms with van der Waals surface area (Å²) < 4.78 is 13.7. The van der Waals surface area contributed by atoms with E-state index in [2.05, 4.69) is 4.99 Å². The highest BCUT2D eigenvalue weighted by atomic mass is 19.1. The first-order chi connectivity index (χ1) is 7.60. The molecule has 0 radical (unpaired) electrons. The van der Waals surface area contributed by atoms with Gasteiger partial charge in [0.2, 0.25) is 0 Å². The van der Waals surface area contributed by atoms with E-state index in [0.29, 0.717) is 11.1 Å². The molecule has 1 N–H and O–H groups in total. The van der Waals surface area contributed by atoms with Crippen molar-refractivity contribution in [2.45, 2.75) is 13.8 Å². The molecule has 3 heteroatoms. The van der Waals surface area contributed by atoms with Gasteiger partial charge in [0.1, 0.15) is 5.82 Å². The van der Waals surface area contributed by atoms with E-state index in [4.69, 9.17) is 5.41 Å². The monoisotopic (exact) mass is 218 g/mol. The van der Waals surface area contributed by atoms with Gasteiger partial charge in [0.25, 0.3) is 0 Å². The van der Waals surface area contributed by atoms with Gasteiger partial charge in [-0.15, -0.1) is 0 Å². The fraction of sp³-hybridized carbons (Fsp3) is 0.231. The van der Waals surface area contributed by atoms with E-state index >= 15 is 0 Å². The van der Waals surface area contributed by atoms with Gasteiger partial charge in [0.05, 0.1) is 0 Å². The molecule has 2 nitrogen and oxygen atoms in total. The van der Waals surface area contributed by atoms with Gasteiger partial charge in [-0.25, -0.2) is 4.39 Å². The lowest BCUT2D eigenvalue weighted by Gasteiger charge is -2.06. The maximum atomic E-state index is 13.7. The van der Waals surface area contributed by atoms with Crippen molar-refractivity contribution in [2.24, 2.45) is 4.99 Å². The Morgan fingerprint density at radius 1 is 1.38 bits per heavy atom. The molecule has 0 fully saturated rings. The average molecular weight is 218 g/mol. The van der Waals surface area contributed by atoms with Gasteiger partial charge >= 0.3 is 0 Å². The average Bonchev–Trinajstić information content (AvgIpc) is 2.28. The Morgan fingerprint density at radius 2 is 2.06 bits per heavy atom. The van der Waals surface area contributed by atoms with Crippen LogP contribution in [0.1, 0.15) is 25.0 Å². The highest BCUT2D eigenvalue weighted by Crippen LogP contribution is 2.21. The zero-order chi connectivity index (χ0) is 12.1. The molecule has 16 heavy (non-hydrogen) atoms. The number of hydrogen-bond acceptors (Lipinski definition) is 2. The number of aliphatic imine (C=N–C) groups is 1. The Kier molecular flexibility index (Phi) is 4.11. The normalized spacial score (nSPS) is 12.8. The Balaban J connectivity index is 3.24. The fourth-order valence-corrected chi connectivity index (χ4v) is 1.43. The van der Waals surface area contributed by atoms with Crippen LogP contribution in [0.4, 0.5) is 4.39 Å². The minimum absolute atomic E-state index is 0.303. The Morgan fingerprint density at radius 3 is 2.56 bits per heavy atom. The zero-order valence-electron chi connectivity index (χ0n) is 9.71. The molecule has 0 saturated carbocycles. The van der Waals surface area contributed by atoms with Crippen LogP contribution in [-0.2, 0) is 0 Å². The van der Waals surface area contributed by atoms with Gasteiger partial charge < -0.3 is 5.41 Å². The van der Waals surface area contributed by atoms with Crippen LogP contribution in [0.5, 0.6) is 0 Å². The number of nitrogens with one attached hydrogen (secondary N) is 1. The molecule has 0 unspecified atom stereocenters. The van der Waals surface area contributed by atoms with Crippen LogP contribution in [-0.4, -0.2) is 19.5 Å². The van der Waals surface area contributed by atoms with Gasteiger partial charge in [0, 0.05) is 25.0 Å². The highest BCUT2D eigenvalue weighted by Gasteiger charge is 2.06. The molecule has 84 valence electrons. The van der Waals surface area contributed by atoms with E-state index in [1.807, 2.05) is 13.8 Å². The lowest BCUT2D eigenvalue weighted by Crippen LogP contribution is -1.93. The summed E-state index contributed by atoms with van der Waals surface area (Å²) in [7, 11) is 1.69. The summed E-state index contributed by atoms with van der Waals surface area (Å²) in [4.78, 5) is 3.90. The van der Waals surface area contributed by atoms with E-state index < -0.39 is 0 Å². The van der Waals surface area contributed by atoms with E-state index in [1.165, 1.54) is 6.07 Å². The van der Waals surface area contributed by atoms with Gasteiger partial charge in [-0.3, -0.25) is 4.99 Å². The first kappa shape index (κ1) is 12.3. The predicted molar refractivity (Wildman–Crippen MR) is 67.0 cm³/mol. The third-order valence-corrected chi connectivity index (χ3v) is 2.48. The van der Waals surface area contributed by atoms with Gasteiger partial charge in [-0.2, -0.15) is 0 Å². The van der Waals surface area contributed by atoms with Crippen molar-refractivity contribution in [3.8, 4) is 0 Å². The lowest BCUT2D eigenvalue weighted by atomic mass is 10.0. The van der Waals surface area contributed by atoms with Gasteiger partial charge in [-0.05, 0) is 36.6 Å². The highest BCUT2D eigenvalue weighted by molar-refractivity contribution is 5.90. The molecule has 0 bridgehead atoms. The molecular weight excluding hydrogens is 203 g/mol. The minimum atomic E-state index is -0.303. The van der Waals surface area contributed by atoms with Crippen LogP contribution in [0.15, 0.2) is 28.8 Å². The molecular formula is C13H15FN2. The smallest absolute Gasteiger partial charge is 0.131 e. The quantitative estimate of drug-likeness (QED) is 0.756. The van der Waals surface area contributed by atoms with Crippen LogP contribution in [0, 0.1) is 11.2 Å². The summed E-state index contributed by atoms with van der Waals surface area (Å²) >= 11 is 0. The molecule has 0 heterocycles. The Hall–Kier alpha value is -1.77. The molecule has 1 aromatic rings. The van der Waals surface area contributed by atoms with Gasteiger partial charge in [-0.1, -0.05) is 12.1 Å². The molecule has 1 aromatic carbocycles. The summed E-state index contributed by atoms with van der Waals surface area (Å²) in [5.41, 5.74) is 2.92. The van der Waals surface area contributed by atoms with Crippen molar-refractivity contribution in [3.05, 3.63) is 40.7 Å². The predicted octanol–water partition coefficient (Wildman–Crippen LogP) is 3.32. The molecule has 0 aliphatic heterocycles. The molecule has 1 rings (SSSR count). The molecule has 0 amide bonds. The second kappa shape index (κ2) is 5.35. The van der Waals surface area contributed by atoms with Crippen molar-refractivity contribution in [1.82, 2.24) is 0 Å². The van der Waals surface area contributed by atoms with Gasteiger partial charge in [0.15, 0.2) is 0 Å². The lowest BCUT2D eigenvalue weighted by molar-refractivity contribution is 0.623. The number of rotatable bonds is 3. The van der Waals surface area contributed by atoms with Crippen LogP contribution < -0.4 is 0 Å². The molecule has 0 spiro atoms. The second-order valence-corrected chi connectivity index (χ2v) is 3.58. The van der Waals surface area contributed by atoms with Crippen molar-refractivity contribution >= 4 is 18.0 Å². The maximum Gasteiger partial charge on any atom is 0.131 e. The number of halogens is 1. The van der Waals surface area contributed by atoms with Crippen molar-refractivity contribution in [3.63, 3.8) is 0 Å². The van der Waals surface area contributed by atoms with E-state index in [1.54, 1.807) is 25.4 Å². The standard InChI is InChI=1S/C13H15FN2/c1-9(8-16-3)10(2)12-5-4-11(7-15)6-13(12)14/h4-8,15H,1-3H3/b10-9+,15-7?,16-8?. The largest absolute Gasteiger partial charge is 0.308 e. The Bertz CT molecular complexity index is 459. The first-order valence-electron chi connectivity index (χ1n) is 5.00. The zero-order valence-corrected chi connectivity index (χ0v) is 9.71. The van der Waals surface area contributed by atoms with E-state index in [9.17, 15) is 4.39 Å². The number of benzene rings is 1. The van der Waals surface area contributed by atoms with Crippen LogP contribution in [0.2, 0.25) is 0 Å². The SMILES string of the molecule is CN=C/C(C)=C(\C)c1ccc(C=N)cc1F. The van der Waals surface area contributed by atoms with Crippen LogP contribution in [0.25, 0.3) is 5.57 Å². The van der Waals surface area contributed by atoms with Crippen molar-refractivity contribution in [2.75, 3.05) is 7.05 Å². The minimum Gasteiger partial charge on any atom is -0.308 e. The summed E-state index contributed by atoms with van der Waals surface area (Å²) in [6.07, 6.45) is 2.84. The third-order valence-electron chi connectivity index (χ3n) is 2.48. The summed E-state index contributed by atoms with van der Waals surface area (Å²) in [6, 6.07) is 4.78. The summed E-state index contributed by atoms with van der Waals surface area (Å²) in [6.45, 7) is 3.76. The fourth-order valence-electron chi connectivity index (χ4n) is 1.43. The molecule has 0 saturated heterocycles. The molecule has 0 aliphatic carbocycles. The first-order valence-corrected chi connectivity index (χ1v) is 5.00. The van der Waals surface area contributed by atoms with Crippen LogP contribution >= 0.6 is 0 Å². The van der Waals surface area contributed by atoms with Crippen molar-refractivity contribution < 1.29 is 4.39 Å². The van der Waals surface area contributed by atoms with E-state index in [0.717, 1.165) is 17.4 Å². The Labute approximate surface area is 95.0 Å². The topological polar surface area (TPSA) is 36.2 Å². The van der Waals surface area contributed by atoms with Crippen molar-refractivity contribution in [1.29, 1.82) is 5.41 Å². The molecule has 0 atom stereocenters. The second-order valence-electron chi connectivity index (χ2n) is 3.58. The summed E-state index contributed by atoms with van der Waals surface area (Å²) in [5, 5.41) is 7.04. The number of allylic oxidation sites excluding steroid dienone is 2. The molecule has 0 aliphatic rings. The van der Waals surface area contributed by atoms with E-state index in [-0.39, 0.29) is 5.82 Å². The summed E-state index contributed by atoms with van der Waals surface area (Å²) in [5.74, 6) is -0.303.